The number of tetrazole rings is 1. The number of carbonyl (C=O) groups is 1. The van der Waals surface area contributed by atoms with Crippen molar-refractivity contribution >= 4 is 16.9 Å². The number of nitrogens with zero attached hydrogens (tertiary/aromatic N) is 5. The molecule has 0 aliphatic carbocycles. The van der Waals surface area contributed by atoms with Crippen LogP contribution >= 0.6 is 0 Å². The van der Waals surface area contributed by atoms with Gasteiger partial charge in [-0.15, -0.1) is 5.10 Å². The second-order valence-electron chi connectivity index (χ2n) is 8.57. The quantitative estimate of drug-likeness (QED) is 0.439. The van der Waals surface area contributed by atoms with Gasteiger partial charge in [0.2, 0.25) is 0 Å². The highest BCUT2D eigenvalue weighted by atomic mass is 16.6. The molecular weight excluding hydrogens is 456 g/mol. The maximum atomic E-state index is 13.0. The molecule has 0 spiro atoms. The number of benzene rings is 1. The smallest absolute Gasteiger partial charge is 0.327 e. The Morgan fingerprint density at radius 3 is 2.80 bits per heavy atom. The summed E-state index contributed by atoms with van der Waals surface area (Å²) in [6.07, 6.45) is 2.01. The van der Waals surface area contributed by atoms with Crippen molar-refractivity contribution in [1.29, 1.82) is 0 Å². The van der Waals surface area contributed by atoms with Gasteiger partial charge >= 0.3 is 5.97 Å². The summed E-state index contributed by atoms with van der Waals surface area (Å²) in [7, 11) is 0. The van der Waals surface area contributed by atoms with Crippen molar-refractivity contribution in [2.24, 2.45) is 0 Å². The predicted octanol–water partition coefficient (Wildman–Crippen LogP) is 1.03. The van der Waals surface area contributed by atoms with Gasteiger partial charge in [0.05, 0.1) is 24.8 Å². The minimum Gasteiger partial charge on any atom is -0.486 e. The summed E-state index contributed by atoms with van der Waals surface area (Å²) in [4.78, 5) is 30.0. The Morgan fingerprint density at radius 1 is 1.20 bits per heavy atom. The normalized spacial score (nSPS) is 17.3. The van der Waals surface area contributed by atoms with Crippen LogP contribution < -0.4 is 15.0 Å². The first kappa shape index (κ1) is 23.2. The Bertz CT molecular complexity index is 1250. The van der Waals surface area contributed by atoms with Crippen LogP contribution in [-0.2, 0) is 33.9 Å². The minimum atomic E-state index is -0.410. The van der Waals surface area contributed by atoms with E-state index in [1.165, 1.54) is 4.68 Å². The number of aromatic nitrogens is 5. The predicted molar refractivity (Wildman–Crippen MR) is 123 cm³/mol. The number of rotatable bonds is 9. The van der Waals surface area contributed by atoms with Crippen molar-refractivity contribution in [3.8, 4) is 11.5 Å². The summed E-state index contributed by atoms with van der Waals surface area (Å²) in [5.74, 6) is 1.39. The Balaban J connectivity index is 1.40. The van der Waals surface area contributed by atoms with Gasteiger partial charge in [0.1, 0.15) is 19.8 Å². The number of aromatic amines is 1. The van der Waals surface area contributed by atoms with E-state index in [1.54, 1.807) is 13.0 Å². The van der Waals surface area contributed by atoms with E-state index < -0.39 is 5.97 Å². The molecule has 4 heterocycles. The van der Waals surface area contributed by atoms with Crippen LogP contribution in [0.4, 0.5) is 0 Å². The average Bonchev–Trinajstić information content (AvgIpc) is 3.51. The average molecular weight is 485 g/mol. The fraction of sp³-hybridized carbons (Fsp3) is 0.522. The van der Waals surface area contributed by atoms with Crippen molar-refractivity contribution in [3.05, 3.63) is 39.9 Å². The van der Waals surface area contributed by atoms with E-state index in [1.807, 2.05) is 12.1 Å². The molecule has 12 nitrogen and oxygen atoms in total. The van der Waals surface area contributed by atoms with E-state index in [0.717, 1.165) is 24.8 Å². The van der Waals surface area contributed by atoms with E-state index in [0.29, 0.717) is 61.3 Å². The Hall–Kier alpha value is -3.51. The third kappa shape index (κ3) is 5.43. The standard InChI is InChI=1S/C23H28N6O6/c1-2-32-22(30)14-29-21(25-26-27-29)13-28(12-17-4-3-5-33-17)11-16-8-15-9-19-20(35-7-6-34-19)10-18(15)24-23(16)31/h8-10,17H,2-7,11-14H2,1H3,(H,24,31). The topological polar surface area (TPSA) is 134 Å². The maximum Gasteiger partial charge on any atom is 0.327 e. The van der Waals surface area contributed by atoms with E-state index in [4.69, 9.17) is 18.9 Å². The molecule has 1 saturated heterocycles. The zero-order chi connectivity index (χ0) is 24.2. The van der Waals surface area contributed by atoms with E-state index in [2.05, 4.69) is 25.4 Å². The SMILES string of the molecule is CCOC(=O)Cn1nnnc1CN(Cc1cc2cc3c(cc2[nH]c1=O)OCCO3)CC1CCCO1. The highest BCUT2D eigenvalue weighted by Crippen LogP contribution is 2.33. The monoisotopic (exact) mass is 484 g/mol. The molecule has 1 fully saturated rings. The number of nitrogens with one attached hydrogen (secondary N) is 1. The lowest BCUT2D eigenvalue weighted by Crippen LogP contribution is -2.34. The molecule has 1 aromatic carbocycles. The zero-order valence-electron chi connectivity index (χ0n) is 19.6. The molecule has 3 aromatic rings. The van der Waals surface area contributed by atoms with Gasteiger partial charge in [0.25, 0.3) is 5.56 Å². The molecule has 0 bridgehead atoms. The second-order valence-corrected chi connectivity index (χ2v) is 8.57. The van der Waals surface area contributed by atoms with E-state index >= 15 is 0 Å². The lowest BCUT2D eigenvalue weighted by atomic mass is 10.1. The number of H-pyrrole nitrogens is 1. The van der Waals surface area contributed by atoms with Crippen molar-refractivity contribution in [3.63, 3.8) is 0 Å². The lowest BCUT2D eigenvalue weighted by molar-refractivity contribution is -0.144. The molecule has 1 unspecified atom stereocenters. The van der Waals surface area contributed by atoms with E-state index in [-0.39, 0.29) is 24.8 Å². The first-order valence-corrected chi connectivity index (χ1v) is 11.8. The Labute approximate surface area is 201 Å². The summed E-state index contributed by atoms with van der Waals surface area (Å²) in [6, 6.07) is 5.55. The molecule has 5 rings (SSSR count). The number of ether oxygens (including phenoxy) is 4. The van der Waals surface area contributed by atoms with Crippen molar-refractivity contribution in [1.82, 2.24) is 30.1 Å². The van der Waals surface area contributed by atoms with Gasteiger partial charge in [-0.05, 0) is 42.3 Å². The van der Waals surface area contributed by atoms with Crippen molar-refractivity contribution < 1.29 is 23.7 Å². The molecule has 0 amide bonds. The fourth-order valence-electron chi connectivity index (χ4n) is 4.40. The molecule has 35 heavy (non-hydrogen) atoms. The van der Waals surface area contributed by atoms with Gasteiger partial charge < -0.3 is 23.9 Å². The third-order valence-corrected chi connectivity index (χ3v) is 6.02. The molecule has 2 aliphatic rings. The van der Waals surface area contributed by atoms with Crippen molar-refractivity contribution in [2.75, 3.05) is 33.0 Å². The van der Waals surface area contributed by atoms with Crippen LogP contribution in [0, 0.1) is 0 Å². The summed E-state index contributed by atoms with van der Waals surface area (Å²) in [5, 5.41) is 12.6. The van der Waals surface area contributed by atoms with Crippen LogP contribution in [0.25, 0.3) is 10.9 Å². The molecule has 1 N–H and O–H groups in total. The number of fused-ring (bicyclic) bond motifs is 2. The molecule has 0 saturated carbocycles. The molecular formula is C23H28N6O6. The zero-order valence-corrected chi connectivity index (χ0v) is 19.6. The minimum absolute atomic E-state index is 0.0569. The van der Waals surface area contributed by atoms with Gasteiger partial charge in [-0.3, -0.25) is 14.5 Å². The molecule has 2 aliphatic heterocycles. The van der Waals surface area contributed by atoms with Gasteiger partial charge in [0, 0.05) is 36.7 Å². The highest BCUT2D eigenvalue weighted by molar-refractivity contribution is 5.83. The van der Waals surface area contributed by atoms with Gasteiger partial charge in [-0.25, -0.2) is 4.68 Å². The van der Waals surface area contributed by atoms with Crippen LogP contribution in [0.5, 0.6) is 11.5 Å². The molecule has 12 heteroatoms. The number of hydrogen-bond donors (Lipinski definition) is 1. The van der Waals surface area contributed by atoms with Crippen LogP contribution in [0.15, 0.2) is 23.0 Å². The third-order valence-electron chi connectivity index (χ3n) is 6.02. The van der Waals surface area contributed by atoms with Gasteiger partial charge in [-0.1, -0.05) is 0 Å². The van der Waals surface area contributed by atoms with Gasteiger partial charge in [0.15, 0.2) is 17.3 Å². The van der Waals surface area contributed by atoms with Crippen LogP contribution in [-0.4, -0.2) is 75.1 Å². The first-order chi connectivity index (χ1) is 17.1. The van der Waals surface area contributed by atoms with E-state index in [9.17, 15) is 9.59 Å². The van der Waals surface area contributed by atoms with Crippen molar-refractivity contribution in [2.45, 2.75) is 45.5 Å². The number of hydrogen-bond acceptors (Lipinski definition) is 10. The second kappa shape index (κ2) is 10.4. The molecule has 186 valence electrons. The number of esters is 1. The molecule has 1 atom stereocenters. The largest absolute Gasteiger partial charge is 0.486 e. The summed E-state index contributed by atoms with van der Waals surface area (Å²) >= 11 is 0. The van der Waals surface area contributed by atoms with Gasteiger partial charge in [-0.2, -0.15) is 0 Å². The summed E-state index contributed by atoms with van der Waals surface area (Å²) in [6.45, 7) is 4.95. The highest BCUT2D eigenvalue weighted by Gasteiger charge is 2.23. The maximum absolute atomic E-state index is 13.0. The van der Waals surface area contributed by atoms with Crippen LogP contribution in [0.2, 0.25) is 0 Å². The summed E-state index contributed by atoms with van der Waals surface area (Å²) < 4.78 is 23.6. The molecule has 0 radical (unpaired) electrons. The van der Waals surface area contributed by atoms with Crippen LogP contribution in [0.1, 0.15) is 31.2 Å². The molecule has 2 aromatic heterocycles. The first-order valence-electron chi connectivity index (χ1n) is 11.8. The number of pyridine rings is 1. The number of carbonyl (C=O) groups excluding carboxylic acids is 1. The fourth-order valence-corrected chi connectivity index (χ4v) is 4.40. The lowest BCUT2D eigenvalue weighted by Gasteiger charge is -2.24. The summed E-state index contributed by atoms with van der Waals surface area (Å²) in [5.41, 5.74) is 1.10. The Kier molecular flexibility index (Phi) is 6.91. The Morgan fingerprint density at radius 2 is 2.03 bits per heavy atom. The van der Waals surface area contributed by atoms with Crippen LogP contribution in [0.3, 0.4) is 0 Å².